The van der Waals surface area contributed by atoms with Crippen molar-refractivity contribution in [1.29, 1.82) is 0 Å². The van der Waals surface area contributed by atoms with Crippen LogP contribution in [0.2, 0.25) is 0 Å². The smallest absolute Gasteiger partial charge is 0.312 e. The molecular formula is C17H17N3O3. The molecule has 1 aliphatic heterocycles. The first-order valence-corrected chi connectivity index (χ1v) is 7.28. The number of carbonyl (C=O) groups excluding carboxylic acids is 2. The number of hydrogen-bond acceptors (Lipinski definition) is 3. The molecule has 118 valence electrons. The second kappa shape index (κ2) is 6.00. The topological polar surface area (TPSA) is 93.5 Å². The van der Waals surface area contributed by atoms with E-state index in [1.54, 1.807) is 6.92 Å². The number of fused-ring (bicyclic) bond motifs is 2. The van der Waals surface area contributed by atoms with E-state index in [0.29, 0.717) is 11.5 Å². The molecule has 0 saturated heterocycles. The van der Waals surface area contributed by atoms with Crippen LogP contribution >= 0.6 is 0 Å². The summed E-state index contributed by atoms with van der Waals surface area (Å²) in [5.74, 6) is 1.08. The molecule has 3 rings (SSSR count). The zero-order valence-corrected chi connectivity index (χ0v) is 12.6. The minimum atomic E-state index is -0.736. The summed E-state index contributed by atoms with van der Waals surface area (Å²) in [7, 11) is 0. The first-order chi connectivity index (χ1) is 11.1. The quantitative estimate of drug-likeness (QED) is 0.810. The van der Waals surface area contributed by atoms with Crippen molar-refractivity contribution >= 4 is 11.9 Å². The number of carbonyl (C=O) groups is 2. The number of nitrogens with two attached hydrogens (primary N) is 1. The number of hydrogen-bond donors (Lipinski definition) is 3. The lowest BCUT2D eigenvalue weighted by Crippen LogP contribution is -2.48. The number of primary amides is 1. The van der Waals surface area contributed by atoms with Gasteiger partial charge in [0.05, 0.1) is 6.04 Å². The summed E-state index contributed by atoms with van der Waals surface area (Å²) < 4.78 is 5.87. The second-order valence-electron chi connectivity index (χ2n) is 5.35. The summed E-state index contributed by atoms with van der Waals surface area (Å²) in [4.78, 5) is 23.3. The number of para-hydroxylation sites is 2. The van der Waals surface area contributed by atoms with Crippen LogP contribution in [0.1, 0.15) is 24.1 Å². The number of urea groups is 1. The van der Waals surface area contributed by atoms with Crippen LogP contribution in [0, 0.1) is 0 Å². The highest BCUT2D eigenvalue weighted by Gasteiger charge is 2.29. The molecule has 0 unspecified atom stereocenters. The average molecular weight is 311 g/mol. The number of nitrogens with one attached hydrogen (secondary N) is 2. The average Bonchev–Trinajstić information content (AvgIpc) is 2.53. The Bertz CT molecular complexity index is 715. The number of amides is 3. The zero-order chi connectivity index (χ0) is 16.4. The highest BCUT2D eigenvalue weighted by Crippen LogP contribution is 2.42. The molecule has 0 saturated carbocycles. The molecule has 1 heterocycles. The van der Waals surface area contributed by atoms with E-state index < -0.39 is 12.1 Å². The molecule has 23 heavy (non-hydrogen) atoms. The third kappa shape index (κ3) is 2.96. The Balaban J connectivity index is 1.92. The summed E-state index contributed by atoms with van der Waals surface area (Å²) in [5, 5.41) is 5.32. The minimum absolute atomic E-state index is 0.319. The molecule has 0 aromatic heterocycles. The van der Waals surface area contributed by atoms with Crippen LogP contribution in [0.25, 0.3) is 0 Å². The van der Waals surface area contributed by atoms with Crippen LogP contribution < -0.4 is 21.1 Å². The molecular weight excluding hydrogens is 294 g/mol. The predicted octanol–water partition coefficient (Wildman–Crippen LogP) is 2.05. The fraction of sp³-hybridized carbons (Fsp3) is 0.176. The highest BCUT2D eigenvalue weighted by atomic mass is 16.5. The third-order valence-electron chi connectivity index (χ3n) is 3.72. The van der Waals surface area contributed by atoms with Crippen molar-refractivity contribution in [3.8, 4) is 11.5 Å². The predicted molar refractivity (Wildman–Crippen MR) is 85.1 cm³/mol. The number of rotatable bonds is 3. The Kier molecular flexibility index (Phi) is 3.89. The van der Waals surface area contributed by atoms with Crippen molar-refractivity contribution in [1.82, 2.24) is 10.6 Å². The maximum Gasteiger partial charge on any atom is 0.312 e. The molecule has 0 fully saturated rings. The van der Waals surface area contributed by atoms with Crippen molar-refractivity contribution in [2.45, 2.75) is 19.0 Å². The second-order valence-corrected chi connectivity index (χ2v) is 5.35. The van der Waals surface area contributed by atoms with Gasteiger partial charge in [-0.05, 0) is 19.1 Å². The van der Waals surface area contributed by atoms with Gasteiger partial charge in [0.2, 0.25) is 5.91 Å². The van der Waals surface area contributed by atoms with Crippen molar-refractivity contribution in [2.75, 3.05) is 0 Å². The van der Waals surface area contributed by atoms with Crippen molar-refractivity contribution in [3.05, 3.63) is 59.7 Å². The van der Waals surface area contributed by atoms with Crippen LogP contribution in [0.3, 0.4) is 0 Å². The fourth-order valence-corrected chi connectivity index (χ4v) is 2.61. The van der Waals surface area contributed by atoms with Gasteiger partial charge in [0.15, 0.2) is 0 Å². The first-order valence-electron chi connectivity index (χ1n) is 7.28. The molecule has 0 aliphatic carbocycles. The van der Waals surface area contributed by atoms with E-state index in [2.05, 4.69) is 10.6 Å². The van der Waals surface area contributed by atoms with Gasteiger partial charge in [0.1, 0.15) is 17.5 Å². The van der Waals surface area contributed by atoms with Crippen LogP contribution in [0.4, 0.5) is 4.79 Å². The third-order valence-corrected chi connectivity index (χ3v) is 3.72. The van der Waals surface area contributed by atoms with Gasteiger partial charge >= 0.3 is 6.03 Å². The van der Waals surface area contributed by atoms with E-state index in [1.165, 1.54) is 0 Å². The van der Waals surface area contributed by atoms with E-state index in [-0.39, 0.29) is 11.9 Å². The largest absolute Gasteiger partial charge is 0.457 e. The van der Waals surface area contributed by atoms with Crippen LogP contribution in [-0.2, 0) is 4.79 Å². The standard InChI is InChI=1S/C17H17N3O3/c1-10(19-17(18)22)16(21)20-15-11-6-2-4-8-13(11)23-14-9-5-3-7-12(14)15/h2-10,15H,1H3,(H,20,21)(H3,18,19,22)/t10-/m0/s1. The summed E-state index contributed by atoms with van der Waals surface area (Å²) in [5.41, 5.74) is 6.80. The lowest BCUT2D eigenvalue weighted by Gasteiger charge is -2.29. The number of benzene rings is 2. The van der Waals surface area contributed by atoms with Gasteiger partial charge in [-0.3, -0.25) is 4.79 Å². The highest BCUT2D eigenvalue weighted by molar-refractivity contribution is 5.87. The molecule has 2 aromatic rings. The van der Waals surface area contributed by atoms with Crippen molar-refractivity contribution in [2.24, 2.45) is 5.73 Å². The molecule has 0 radical (unpaired) electrons. The summed E-state index contributed by atoms with van der Waals surface area (Å²) in [6.45, 7) is 1.58. The van der Waals surface area contributed by atoms with Crippen LogP contribution in [0.5, 0.6) is 11.5 Å². The van der Waals surface area contributed by atoms with E-state index in [1.807, 2.05) is 48.5 Å². The lowest BCUT2D eigenvalue weighted by molar-refractivity contribution is -0.123. The number of ether oxygens (including phenoxy) is 1. The Labute approximate surface area is 133 Å². The molecule has 1 aliphatic rings. The molecule has 6 heteroatoms. The van der Waals surface area contributed by atoms with Crippen molar-refractivity contribution in [3.63, 3.8) is 0 Å². The first kappa shape index (κ1) is 14.9. The van der Waals surface area contributed by atoms with Gasteiger partial charge < -0.3 is 21.1 Å². The SMILES string of the molecule is C[C@H](NC(N)=O)C(=O)NC1c2ccccc2Oc2ccccc21. The van der Waals surface area contributed by atoms with E-state index in [9.17, 15) is 9.59 Å². The van der Waals surface area contributed by atoms with Crippen molar-refractivity contribution < 1.29 is 14.3 Å². The normalized spacial score (nSPS) is 14.0. The summed E-state index contributed by atoms with van der Waals surface area (Å²) in [6.07, 6.45) is 0. The van der Waals surface area contributed by atoms with Gasteiger partial charge in [0.25, 0.3) is 0 Å². The summed E-state index contributed by atoms with van der Waals surface area (Å²) in [6, 6.07) is 13.2. The fourth-order valence-electron chi connectivity index (χ4n) is 2.61. The van der Waals surface area contributed by atoms with Gasteiger partial charge in [-0.1, -0.05) is 36.4 Å². The van der Waals surface area contributed by atoms with Gasteiger partial charge in [-0.15, -0.1) is 0 Å². The molecule has 4 N–H and O–H groups in total. The Morgan fingerprint density at radius 2 is 1.57 bits per heavy atom. The van der Waals surface area contributed by atoms with Gasteiger partial charge in [-0.25, -0.2) is 4.79 Å². The summed E-state index contributed by atoms with van der Waals surface area (Å²) >= 11 is 0. The molecule has 6 nitrogen and oxygen atoms in total. The minimum Gasteiger partial charge on any atom is -0.457 e. The van der Waals surface area contributed by atoms with Gasteiger partial charge in [0, 0.05) is 11.1 Å². The van der Waals surface area contributed by atoms with E-state index in [0.717, 1.165) is 11.1 Å². The maximum atomic E-state index is 12.3. The molecule has 1 atom stereocenters. The zero-order valence-electron chi connectivity index (χ0n) is 12.6. The molecule has 0 spiro atoms. The lowest BCUT2D eigenvalue weighted by atomic mass is 9.94. The Morgan fingerprint density at radius 3 is 2.09 bits per heavy atom. The molecule has 3 amide bonds. The maximum absolute atomic E-state index is 12.3. The van der Waals surface area contributed by atoms with E-state index >= 15 is 0 Å². The monoisotopic (exact) mass is 311 g/mol. The van der Waals surface area contributed by atoms with E-state index in [4.69, 9.17) is 10.5 Å². The van der Waals surface area contributed by atoms with Crippen LogP contribution in [0.15, 0.2) is 48.5 Å². The molecule has 2 aromatic carbocycles. The Morgan fingerprint density at radius 1 is 1.04 bits per heavy atom. The van der Waals surface area contributed by atoms with Gasteiger partial charge in [-0.2, -0.15) is 0 Å². The Hall–Kier alpha value is -3.02. The van der Waals surface area contributed by atoms with Crippen LogP contribution in [-0.4, -0.2) is 18.0 Å². The molecule has 0 bridgehead atoms.